The van der Waals surface area contributed by atoms with Gasteiger partial charge in [-0.05, 0) is 18.6 Å². The van der Waals surface area contributed by atoms with Crippen molar-refractivity contribution in [1.29, 1.82) is 5.41 Å². The normalized spacial score (nSPS) is 11.7. The number of methoxy groups -OCH3 is 1. The quantitative estimate of drug-likeness (QED) is 0.322. The molecule has 21 heavy (non-hydrogen) atoms. The molecule has 0 saturated heterocycles. The smallest absolute Gasteiger partial charge is 0.411 e. The molecule has 7 heteroatoms. The zero-order chi connectivity index (χ0) is 16.4. The number of hydrogen-bond donors (Lipinski definition) is 1. The van der Waals surface area contributed by atoms with Gasteiger partial charge in [-0.15, -0.1) is 11.8 Å². The third-order valence-electron chi connectivity index (χ3n) is 2.68. The number of hydrogen-bond acceptors (Lipinski definition) is 6. The lowest BCUT2D eigenvalue weighted by atomic mass is 10.0. The number of rotatable bonds is 8. The Morgan fingerprint density at radius 2 is 2.05 bits per heavy atom. The molecule has 0 aliphatic heterocycles. The lowest BCUT2D eigenvalue weighted by Gasteiger charge is -2.31. The second-order valence-electron chi connectivity index (χ2n) is 4.78. The summed E-state index contributed by atoms with van der Waals surface area (Å²) in [6, 6.07) is -0.503. The molecule has 0 fully saturated rings. The summed E-state index contributed by atoms with van der Waals surface area (Å²) in [7, 11) is 1.26. The average Bonchev–Trinajstić information content (AvgIpc) is 2.46. The third kappa shape index (κ3) is 7.17. The van der Waals surface area contributed by atoms with Crippen LogP contribution in [0.3, 0.4) is 0 Å². The van der Waals surface area contributed by atoms with Gasteiger partial charge < -0.3 is 9.47 Å². The summed E-state index contributed by atoms with van der Waals surface area (Å²) in [5, 5.41) is 8.34. The van der Waals surface area contributed by atoms with Crippen molar-refractivity contribution in [2.45, 2.75) is 26.3 Å². The predicted octanol–water partition coefficient (Wildman–Crippen LogP) is 2.54. The Balaban J connectivity index is 5.24. The zero-order valence-electron chi connectivity index (χ0n) is 13.0. The van der Waals surface area contributed by atoms with Gasteiger partial charge in [0.1, 0.15) is 13.2 Å². The highest BCUT2D eigenvalue weighted by atomic mass is 32.2. The Hall–Kier alpha value is -1.50. The molecule has 0 heterocycles. The molecule has 0 aromatic rings. The fourth-order valence-corrected chi connectivity index (χ4v) is 2.17. The van der Waals surface area contributed by atoms with E-state index in [1.165, 1.54) is 29.8 Å². The van der Waals surface area contributed by atoms with Crippen LogP contribution < -0.4 is 0 Å². The molecule has 1 amide bonds. The van der Waals surface area contributed by atoms with E-state index in [0.29, 0.717) is 11.5 Å². The van der Waals surface area contributed by atoms with Crippen LogP contribution >= 0.6 is 11.8 Å². The number of amides is 1. The van der Waals surface area contributed by atoms with Crippen LogP contribution in [-0.4, -0.2) is 54.6 Å². The highest BCUT2D eigenvalue weighted by molar-refractivity contribution is 8.13. The highest BCUT2D eigenvalue weighted by Crippen LogP contribution is 2.18. The largest absolute Gasteiger partial charge is 0.468 e. The minimum Gasteiger partial charge on any atom is -0.468 e. The van der Waals surface area contributed by atoms with E-state index in [0.717, 1.165) is 0 Å². The summed E-state index contributed by atoms with van der Waals surface area (Å²) >= 11 is 1.24. The molecular formula is C14H24N2O4S. The van der Waals surface area contributed by atoms with E-state index >= 15 is 0 Å². The van der Waals surface area contributed by atoms with Crippen molar-refractivity contribution in [2.24, 2.45) is 5.92 Å². The summed E-state index contributed by atoms with van der Waals surface area (Å²) < 4.78 is 9.63. The predicted molar refractivity (Wildman–Crippen MR) is 84.8 cm³/mol. The Kier molecular flexibility index (Phi) is 9.53. The summed E-state index contributed by atoms with van der Waals surface area (Å²) in [6.07, 6.45) is 3.14. The van der Waals surface area contributed by atoms with E-state index in [1.54, 1.807) is 6.26 Å². The number of carbonyl (C=O) groups is 2. The number of nitrogens with one attached hydrogen (secondary N) is 1. The number of carbonyl (C=O) groups excluding carboxylic acids is 2. The minimum atomic E-state index is -0.648. The first kappa shape index (κ1) is 19.5. The van der Waals surface area contributed by atoms with Gasteiger partial charge >= 0.3 is 12.1 Å². The highest BCUT2D eigenvalue weighted by Gasteiger charge is 2.30. The fraction of sp³-hybridized carbons (Fsp3) is 0.643. The van der Waals surface area contributed by atoms with Gasteiger partial charge in [-0.25, -0.2) is 4.79 Å². The molecule has 6 nitrogen and oxygen atoms in total. The molecule has 0 aliphatic carbocycles. The van der Waals surface area contributed by atoms with Gasteiger partial charge in [0.25, 0.3) is 0 Å². The van der Waals surface area contributed by atoms with Crippen LogP contribution in [0.25, 0.3) is 0 Å². The molecule has 0 spiro atoms. The average molecular weight is 316 g/mol. The van der Waals surface area contributed by atoms with Crippen LogP contribution in [0.2, 0.25) is 0 Å². The summed E-state index contributed by atoms with van der Waals surface area (Å²) in [5.74, 6) is -0.289. The van der Waals surface area contributed by atoms with Gasteiger partial charge in [0, 0.05) is 0 Å². The lowest BCUT2D eigenvalue weighted by molar-refractivity contribution is -0.141. The molecule has 0 aromatic carbocycles. The maximum atomic E-state index is 12.1. The van der Waals surface area contributed by atoms with Crippen LogP contribution in [-0.2, 0) is 14.3 Å². The lowest BCUT2D eigenvalue weighted by Crippen LogP contribution is -2.47. The molecule has 1 atom stereocenters. The first-order valence-corrected chi connectivity index (χ1v) is 7.83. The van der Waals surface area contributed by atoms with Crippen molar-refractivity contribution >= 4 is 28.9 Å². The monoisotopic (exact) mass is 316 g/mol. The van der Waals surface area contributed by atoms with Crippen molar-refractivity contribution in [3.8, 4) is 0 Å². The van der Waals surface area contributed by atoms with Gasteiger partial charge in [-0.2, -0.15) is 0 Å². The molecular weight excluding hydrogens is 292 g/mol. The van der Waals surface area contributed by atoms with E-state index in [2.05, 4.69) is 11.3 Å². The molecule has 0 bridgehead atoms. The number of nitrogens with zero attached hydrogens (tertiary/aromatic N) is 1. The summed E-state index contributed by atoms with van der Waals surface area (Å²) in [6.45, 7) is 7.27. The van der Waals surface area contributed by atoms with Crippen molar-refractivity contribution < 1.29 is 19.1 Å². The molecule has 0 radical (unpaired) electrons. The van der Waals surface area contributed by atoms with Gasteiger partial charge in [0.05, 0.1) is 18.2 Å². The van der Waals surface area contributed by atoms with Crippen LogP contribution in [0.15, 0.2) is 12.7 Å². The molecule has 0 saturated carbocycles. The van der Waals surface area contributed by atoms with E-state index in [4.69, 9.17) is 10.1 Å². The maximum absolute atomic E-state index is 12.1. The Morgan fingerprint density at radius 3 is 2.48 bits per heavy atom. The molecule has 0 unspecified atom stereocenters. The van der Waals surface area contributed by atoms with Gasteiger partial charge in [-0.1, -0.05) is 26.5 Å². The Labute approximate surface area is 130 Å². The van der Waals surface area contributed by atoms with E-state index < -0.39 is 18.1 Å². The number of esters is 1. The standard InChI is InChI=1S/C14H24N2O4S/c1-6-7-20-14(18)16(9-12(17)19-4)11(8-10(2)3)13(15)21-5/h6,10-11,15H,1,7-9H2,2-5H3/t11-/m0/s1. The van der Waals surface area contributed by atoms with E-state index in [9.17, 15) is 9.59 Å². The van der Waals surface area contributed by atoms with Gasteiger partial charge in [0.15, 0.2) is 0 Å². The van der Waals surface area contributed by atoms with Crippen molar-refractivity contribution in [3.05, 3.63) is 12.7 Å². The fourth-order valence-electron chi connectivity index (χ4n) is 1.68. The third-order valence-corrected chi connectivity index (χ3v) is 3.39. The van der Waals surface area contributed by atoms with E-state index in [-0.39, 0.29) is 19.1 Å². The van der Waals surface area contributed by atoms with Crippen molar-refractivity contribution in [1.82, 2.24) is 4.90 Å². The van der Waals surface area contributed by atoms with Crippen LogP contribution in [0.1, 0.15) is 20.3 Å². The second-order valence-corrected chi connectivity index (χ2v) is 5.63. The van der Waals surface area contributed by atoms with Crippen LogP contribution in [0.5, 0.6) is 0 Å². The second kappa shape index (κ2) is 10.3. The minimum absolute atomic E-state index is 0.0531. The molecule has 0 rings (SSSR count). The van der Waals surface area contributed by atoms with Crippen molar-refractivity contribution in [3.63, 3.8) is 0 Å². The van der Waals surface area contributed by atoms with Gasteiger partial charge in [0.2, 0.25) is 0 Å². The van der Waals surface area contributed by atoms with Crippen molar-refractivity contribution in [2.75, 3.05) is 26.5 Å². The summed E-state index contributed by atoms with van der Waals surface area (Å²) in [4.78, 5) is 24.9. The van der Waals surface area contributed by atoms with Crippen LogP contribution in [0.4, 0.5) is 4.79 Å². The topological polar surface area (TPSA) is 79.7 Å². The molecule has 0 aliphatic rings. The SMILES string of the molecule is C=CCOC(=O)N(CC(=O)OC)[C@@H](CC(C)C)C(=N)SC. The number of ether oxygens (including phenoxy) is 2. The maximum Gasteiger partial charge on any atom is 0.411 e. The first-order chi connectivity index (χ1) is 9.87. The Bertz CT molecular complexity index is 385. The van der Waals surface area contributed by atoms with E-state index in [1.807, 2.05) is 13.8 Å². The Morgan fingerprint density at radius 1 is 1.43 bits per heavy atom. The van der Waals surface area contributed by atoms with Gasteiger partial charge in [-0.3, -0.25) is 15.1 Å². The number of thioether (sulfide) groups is 1. The molecule has 0 aromatic heterocycles. The molecule has 1 N–H and O–H groups in total. The first-order valence-electron chi connectivity index (χ1n) is 6.60. The van der Waals surface area contributed by atoms with Crippen LogP contribution in [0, 0.1) is 11.3 Å². The molecule has 120 valence electrons. The zero-order valence-corrected chi connectivity index (χ0v) is 13.9. The summed E-state index contributed by atoms with van der Waals surface area (Å²) in [5.41, 5.74) is 0.